The van der Waals surface area contributed by atoms with Crippen molar-refractivity contribution in [3.05, 3.63) is 48.0 Å². The smallest absolute Gasteiger partial charge is 0.191 e. The molecule has 1 fully saturated rings. The Morgan fingerprint density at radius 2 is 1.77 bits per heavy atom. The molecule has 30 heavy (non-hydrogen) atoms. The number of ether oxygens (including phenoxy) is 3. The van der Waals surface area contributed by atoms with Crippen LogP contribution in [0.3, 0.4) is 0 Å². The number of benzene rings is 2. The first-order valence-electron chi connectivity index (χ1n) is 10.2. The standard InChI is InChI=1S/C23H32N4O3/c1-24-23(25-14-17-9-10-21(29-3)22(13-17)30-4)26-15-18-11-12-27(16-18)19-7-5-6-8-20(19)28-2/h5-10,13,18H,11-12,14-16H2,1-4H3,(H2,24,25,26). The molecule has 1 heterocycles. The lowest BCUT2D eigenvalue weighted by atomic mass is 10.1. The van der Waals surface area contributed by atoms with Gasteiger partial charge in [-0.25, -0.2) is 0 Å². The molecule has 0 amide bonds. The Bertz CT molecular complexity index is 856. The van der Waals surface area contributed by atoms with Crippen LogP contribution in [0, 0.1) is 5.92 Å². The summed E-state index contributed by atoms with van der Waals surface area (Å²) < 4.78 is 16.2. The summed E-state index contributed by atoms with van der Waals surface area (Å²) in [6.07, 6.45) is 1.14. The van der Waals surface area contributed by atoms with Crippen LogP contribution in [0.1, 0.15) is 12.0 Å². The molecule has 2 aromatic carbocycles. The van der Waals surface area contributed by atoms with E-state index in [1.54, 1.807) is 28.4 Å². The minimum atomic E-state index is 0.551. The van der Waals surface area contributed by atoms with Crippen LogP contribution in [-0.2, 0) is 6.54 Å². The van der Waals surface area contributed by atoms with Crippen molar-refractivity contribution in [2.24, 2.45) is 10.9 Å². The molecule has 0 spiro atoms. The van der Waals surface area contributed by atoms with Gasteiger partial charge in [-0.1, -0.05) is 18.2 Å². The summed E-state index contributed by atoms with van der Waals surface area (Å²) in [6, 6.07) is 14.1. The van der Waals surface area contributed by atoms with Crippen molar-refractivity contribution >= 4 is 11.6 Å². The van der Waals surface area contributed by atoms with E-state index in [9.17, 15) is 0 Å². The second-order valence-corrected chi connectivity index (χ2v) is 7.27. The van der Waals surface area contributed by atoms with Crippen molar-refractivity contribution in [1.29, 1.82) is 0 Å². The van der Waals surface area contributed by atoms with E-state index in [1.807, 2.05) is 30.3 Å². The molecule has 0 saturated carbocycles. The van der Waals surface area contributed by atoms with Gasteiger partial charge in [0.25, 0.3) is 0 Å². The fraction of sp³-hybridized carbons (Fsp3) is 0.435. The number of methoxy groups -OCH3 is 3. The van der Waals surface area contributed by atoms with Gasteiger partial charge in [-0.2, -0.15) is 0 Å². The van der Waals surface area contributed by atoms with Crippen LogP contribution >= 0.6 is 0 Å². The molecule has 1 aliphatic heterocycles. The van der Waals surface area contributed by atoms with Gasteiger partial charge in [-0.15, -0.1) is 0 Å². The van der Waals surface area contributed by atoms with Crippen molar-refractivity contribution in [3.8, 4) is 17.2 Å². The van der Waals surface area contributed by atoms with E-state index in [0.29, 0.717) is 12.5 Å². The molecule has 2 aromatic rings. The highest BCUT2D eigenvalue weighted by Crippen LogP contribution is 2.31. The van der Waals surface area contributed by atoms with Crippen LogP contribution in [0.2, 0.25) is 0 Å². The zero-order valence-corrected chi connectivity index (χ0v) is 18.3. The first-order valence-corrected chi connectivity index (χ1v) is 10.2. The average Bonchev–Trinajstić information content (AvgIpc) is 3.27. The minimum absolute atomic E-state index is 0.551. The Morgan fingerprint density at radius 3 is 2.50 bits per heavy atom. The first kappa shape index (κ1) is 21.6. The van der Waals surface area contributed by atoms with Gasteiger partial charge >= 0.3 is 0 Å². The van der Waals surface area contributed by atoms with Crippen molar-refractivity contribution in [2.45, 2.75) is 13.0 Å². The second kappa shape index (κ2) is 10.6. The maximum atomic E-state index is 5.51. The molecule has 0 aliphatic carbocycles. The molecule has 2 N–H and O–H groups in total. The van der Waals surface area contributed by atoms with E-state index in [2.05, 4.69) is 32.7 Å². The predicted molar refractivity (Wildman–Crippen MR) is 121 cm³/mol. The zero-order chi connectivity index (χ0) is 21.3. The summed E-state index contributed by atoms with van der Waals surface area (Å²) in [4.78, 5) is 6.74. The largest absolute Gasteiger partial charge is 0.495 e. The van der Waals surface area contributed by atoms with Crippen molar-refractivity contribution in [3.63, 3.8) is 0 Å². The van der Waals surface area contributed by atoms with Crippen molar-refractivity contribution in [2.75, 3.05) is 52.9 Å². The van der Waals surface area contributed by atoms with E-state index in [0.717, 1.165) is 54.8 Å². The van der Waals surface area contributed by atoms with Crippen molar-refractivity contribution in [1.82, 2.24) is 10.6 Å². The minimum Gasteiger partial charge on any atom is -0.495 e. The number of aliphatic imine (C=N–C) groups is 1. The molecule has 1 unspecified atom stereocenters. The molecule has 0 radical (unpaired) electrons. The lowest BCUT2D eigenvalue weighted by Gasteiger charge is -2.21. The highest BCUT2D eigenvalue weighted by atomic mass is 16.5. The number of hydrogen-bond acceptors (Lipinski definition) is 5. The SMILES string of the molecule is CN=C(NCc1ccc(OC)c(OC)c1)NCC1CCN(c2ccccc2OC)C1. The maximum absolute atomic E-state index is 5.51. The molecule has 1 atom stereocenters. The summed E-state index contributed by atoms with van der Waals surface area (Å²) in [5.41, 5.74) is 2.26. The lowest BCUT2D eigenvalue weighted by molar-refractivity contribution is 0.354. The Kier molecular flexibility index (Phi) is 7.65. The van der Waals surface area contributed by atoms with E-state index in [-0.39, 0.29) is 0 Å². The molecule has 0 aromatic heterocycles. The fourth-order valence-corrected chi connectivity index (χ4v) is 3.75. The summed E-state index contributed by atoms with van der Waals surface area (Å²) in [5.74, 6) is 3.72. The summed E-state index contributed by atoms with van der Waals surface area (Å²) >= 11 is 0. The van der Waals surface area contributed by atoms with Crippen LogP contribution in [0.25, 0.3) is 0 Å². The Hall–Kier alpha value is -3.09. The Morgan fingerprint density at radius 1 is 1.00 bits per heavy atom. The number of nitrogens with one attached hydrogen (secondary N) is 2. The zero-order valence-electron chi connectivity index (χ0n) is 18.3. The van der Waals surface area contributed by atoms with Crippen LogP contribution in [0.15, 0.2) is 47.5 Å². The number of hydrogen-bond donors (Lipinski definition) is 2. The van der Waals surface area contributed by atoms with Gasteiger partial charge in [-0.05, 0) is 42.2 Å². The number of guanidine groups is 1. The summed E-state index contributed by atoms with van der Waals surface area (Å²) in [5, 5.41) is 6.83. The third-order valence-corrected chi connectivity index (χ3v) is 5.40. The molecule has 1 saturated heterocycles. The Balaban J connectivity index is 1.49. The van der Waals surface area contributed by atoms with Gasteiger partial charge in [0, 0.05) is 33.2 Å². The molecule has 7 nitrogen and oxygen atoms in total. The molecular weight excluding hydrogens is 380 g/mol. The third-order valence-electron chi connectivity index (χ3n) is 5.40. The molecule has 1 aliphatic rings. The van der Waals surface area contributed by atoms with E-state index >= 15 is 0 Å². The number of para-hydroxylation sites is 2. The maximum Gasteiger partial charge on any atom is 0.191 e. The topological polar surface area (TPSA) is 67.4 Å². The van der Waals surface area contributed by atoms with Gasteiger partial charge in [0.2, 0.25) is 0 Å². The first-order chi connectivity index (χ1) is 14.7. The van der Waals surface area contributed by atoms with E-state index in [1.165, 1.54) is 5.69 Å². The number of nitrogens with zero attached hydrogens (tertiary/aromatic N) is 2. The van der Waals surface area contributed by atoms with E-state index < -0.39 is 0 Å². The highest BCUT2D eigenvalue weighted by Gasteiger charge is 2.24. The van der Waals surface area contributed by atoms with Crippen LogP contribution in [0.5, 0.6) is 17.2 Å². The molecule has 0 bridgehead atoms. The van der Waals surface area contributed by atoms with Gasteiger partial charge < -0.3 is 29.7 Å². The van der Waals surface area contributed by atoms with Gasteiger partial charge in [0.1, 0.15) is 5.75 Å². The molecule has 3 rings (SSSR count). The third kappa shape index (κ3) is 5.28. The normalized spacial score (nSPS) is 16.3. The van der Waals surface area contributed by atoms with Gasteiger partial charge in [0.15, 0.2) is 17.5 Å². The number of rotatable bonds is 8. The second-order valence-electron chi connectivity index (χ2n) is 7.27. The van der Waals surface area contributed by atoms with E-state index in [4.69, 9.17) is 14.2 Å². The van der Waals surface area contributed by atoms with Crippen LogP contribution in [-0.4, -0.2) is 54.0 Å². The quantitative estimate of drug-likeness (QED) is 0.513. The monoisotopic (exact) mass is 412 g/mol. The van der Waals surface area contributed by atoms with Gasteiger partial charge in [-0.3, -0.25) is 4.99 Å². The Labute approximate surface area is 179 Å². The van der Waals surface area contributed by atoms with Crippen molar-refractivity contribution < 1.29 is 14.2 Å². The fourth-order valence-electron chi connectivity index (χ4n) is 3.75. The number of anilines is 1. The van der Waals surface area contributed by atoms with Crippen LogP contribution < -0.4 is 29.7 Å². The lowest BCUT2D eigenvalue weighted by Crippen LogP contribution is -2.39. The predicted octanol–water partition coefficient (Wildman–Crippen LogP) is 2.90. The average molecular weight is 413 g/mol. The highest BCUT2D eigenvalue weighted by molar-refractivity contribution is 5.79. The molecule has 162 valence electrons. The molecular formula is C23H32N4O3. The summed E-state index contributed by atoms with van der Waals surface area (Å²) in [6.45, 7) is 3.56. The summed E-state index contributed by atoms with van der Waals surface area (Å²) in [7, 11) is 6.80. The molecule has 7 heteroatoms. The van der Waals surface area contributed by atoms with Gasteiger partial charge in [0.05, 0.1) is 27.0 Å². The van der Waals surface area contributed by atoms with Crippen LogP contribution in [0.4, 0.5) is 5.69 Å².